The van der Waals surface area contributed by atoms with E-state index in [1.807, 2.05) is 6.07 Å². The molecule has 0 spiro atoms. The van der Waals surface area contributed by atoms with Gasteiger partial charge in [0.05, 0.1) is 27.7 Å². The average molecular weight is 235 g/mol. The largest absolute Gasteiger partial charge is 0.316 e. The SMILES string of the molecule is N#Cc1ccnc([S@](=O)[C@@H]2CCCNC2)c1. The summed E-state index contributed by atoms with van der Waals surface area (Å²) in [5.74, 6) is 0. The van der Waals surface area contributed by atoms with E-state index < -0.39 is 10.8 Å². The molecule has 0 aliphatic carbocycles. The van der Waals surface area contributed by atoms with Crippen molar-refractivity contribution < 1.29 is 4.21 Å². The van der Waals surface area contributed by atoms with Crippen LogP contribution in [0.2, 0.25) is 0 Å². The van der Waals surface area contributed by atoms with E-state index >= 15 is 0 Å². The fraction of sp³-hybridized carbons (Fsp3) is 0.455. The minimum Gasteiger partial charge on any atom is -0.316 e. The van der Waals surface area contributed by atoms with Gasteiger partial charge >= 0.3 is 0 Å². The number of nitrogens with zero attached hydrogens (tertiary/aromatic N) is 2. The molecule has 1 aromatic rings. The van der Waals surface area contributed by atoms with Crippen molar-refractivity contribution in [3.63, 3.8) is 0 Å². The number of pyridine rings is 1. The first kappa shape index (κ1) is 11.2. The molecule has 84 valence electrons. The van der Waals surface area contributed by atoms with Crippen LogP contribution in [0, 0.1) is 11.3 Å². The van der Waals surface area contributed by atoms with Gasteiger partial charge in [-0.1, -0.05) is 0 Å². The van der Waals surface area contributed by atoms with E-state index in [1.165, 1.54) is 0 Å². The summed E-state index contributed by atoms with van der Waals surface area (Å²) in [6.07, 6.45) is 3.55. The molecule has 0 radical (unpaired) electrons. The van der Waals surface area contributed by atoms with Crippen LogP contribution in [-0.4, -0.2) is 27.5 Å². The van der Waals surface area contributed by atoms with Crippen LogP contribution >= 0.6 is 0 Å². The number of nitrogens with one attached hydrogen (secondary N) is 1. The highest BCUT2D eigenvalue weighted by Gasteiger charge is 2.21. The second-order valence-corrected chi connectivity index (χ2v) is 5.44. The zero-order chi connectivity index (χ0) is 11.4. The molecule has 0 bridgehead atoms. The Hall–Kier alpha value is -1.25. The highest BCUT2D eigenvalue weighted by Crippen LogP contribution is 2.15. The van der Waals surface area contributed by atoms with E-state index in [0.717, 1.165) is 25.9 Å². The van der Waals surface area contributed by atoms with E-state index in [4.69, 9.17) is 5.26 Å². The lowest BCUT2D eigenvalue weighted by Gasteiger charge is -2.21. The molecule has 1 saturated heterocycles. The minimum absolute atomic E-state index is 0.121. The molecule has 16 heavy (non-hydrogen) atoms. The molecule has 2 atom stereocenters. The number of rotatable bonds is 2. The van der Waals surface area contributed by atoms with Crippen molar-refractivity contribution in [1.82, 2.24) is 10.3 Å². The molecule has 0 amide bonds. The van der Waals surface area contributed by atoms with Crippen LogP contribution in [0.1, 0.15) is 18.4 Å². The van der Waals surface area contributed by atoms with Gasteiger partial charge in [-0.05, 0) is 31.5 Å². The Kier molecular flexibility index (Phi) is 3.65. The molecule has 4 nitrogen and oxygen atoms in total. The fourth-order valence-corrected chi connectivity index (χ4v) is 3.16. The molecule has 1 aromatic heterocycles. The Labute approximate surface area is 97.2 Å². The molecule has 1 aliphatic rings. The summed E-state index contributed by atoms with van der Waals surface area (Å²) in [7, 11) is -1.11. The van der Waals surface area contributed by atoms with Crippen molar-refractivity contribution in [3.05, 3.63) is 23.9 Å². The van der Waals surface area contributed by atoms with E-state index in [1.54, 1.807) is 18.3 Å². The minimum atomic E-state index is -1.11. The maximum atomic E-state index is 12.2. The van der Waals surface area contributed by atoms with Crippen molar-refractivity contribution in [1.29, 1.82) is 5.26 Å². The summed E-state index contributed by atoms with van der Waals surface area (Å²) in [5, 5.41) is 12.6. The Bertz CT molecular complexity index is 435. The van der Waals surface area contributed by atoms with Gasteiger partial charge in [-0.25, -0.2) is 4.98 Å². The van der Waals surface area contributed by atoms with E-state index in [2.05, 4.69) is 10.3 Å². The van der Waals surface area contributed by atoms with Crippen molar-refractivity contribution in [2.75, 3.05) is 13.1 Å². The Balaban J connectivity index is 2.16. The van der Waals surface area contributed by atoms with Gasteiger partial charge < -0.3 is 5.32 Å². The topological polar surface area (TPSA) is 65.8 Å². The van der Waals surface area contributed by atoms with Crippen LogP contribution in [0.15, 0.2) is 23.4 Å². The lowest BCUT2D eigenvalue weighted by atomic mass is 10.2. The van der Waals surface area contributed by atoms with E-state index in [0.29, 0.717) is 10.6 Å². The first-order valence-corrected chi connectivity index (χ1v) is 6.50. The molecule has 0 saturated carbocycles. The molecule has 0 aromatic carbocycles. The summed E-state index contributed by atoms with van der Waals surface area (Å²) in [6, 6.07) is 5.28. The number of hydrogen-bond acceptors (Lipinski definition) is 4. The third kappa shape index (κ3) is 2.46. The maximum absolute atomic E-state index is 12.2. The lowest BCUT2D eigenvalue weighted by molar-refractivity contribution is 0.519. The van der Waals surface area contributed by atoms with E-state index in [-0.39, 0.29) is 5.25 Å². The molecule has 1 aliphatic heterocycles. The predicted molar refractivity (Wildman–Crippen MR) is 61.3 cm³/mol. The normalized spacial score (nSPS) is 22.3. The molecule has 0 unspecified atom stereocenters. The van der Waals surface area contributed by atoms with Crippen LogP contribution in [0.3, 0.4) is 0 Å². The second kappa shape index (κ2) is 5.19. The molecule has 5 heteroatoms. The van der Waals surface area contributed by atoms with Crippen LogP contribution in [0.25, 0.3) is 0 Å². The fourth-order valence-electron chi connectivity index (χ4n) is 1.76. The van der Waals surface area contributed by atoms with Crippen LogP contribution in [0.5, 0.6) is 0 Å². The lowest BCUT2D eigenvalue weighted by Crippen LogP contribution is -2.36. The average Bonchev–Trinajstić information content (AvgIpc) is 2.39. The first-order chi connectivity index (χ1) is 7.81. The molecular formula is C11H13N3OS. The van der Waals surface area contributed by atoms with Crippen LogP contribution in [-0.2, 0) is 10.8 Å². The number of nitriles is 1. The first-order valence-electron chi connectivity index (χ1n) is 5.28. The summed E-state index contributed by atoms with van der Waals surface area (Å²) < 4.78 is 12.2. The van der Waals surface area contributed by atoms with Gasteiger partial charge in [-0.15, -0.1) is 0 Å². The standard InChI is InChI=1S/C11H13N3OS/c12-7-9-3-5-14-11(6-9)16(15)10-2-1-4-13-8-10/h3,5-6,10,13H,1-2,4,8H2/t10-,16-/m1/s1. The molecule has 1 N–H and O–H groups in total. The van der Waals surface area contributed by atoms with Gasteiger partial charge in [0.15, 0.2) is 0 Å². The van der Waals surface area contributed by atoms with Gasteiger partial charge in [0.25, 0.3) is 0 Å². The summed E-state index contributed by atoms with van der Waals surface area (Å²) in [6.45, 7) is 1.77. The number of piperidine rings is 1. The van der Waals surface area contributed by atoms with Gasteiger partial charge in [-0.3, -0.25) is 4.21 Å². The highest BCUT2D eigenvalue weighted by molar-refractivity contribution is 7.85. The molecule has 1 fully saturated rings. The van der Waals surface area contributed by atoms with Crippen molar-refractivity contribution in [2.24, 2.45) is 0 Å². The van der Waals surface area contributed by atoms with Crippen molar-refractivity contribution >= 4 is 10.8 Å². The number of hydrogen-bond donors (Lipinski definition) is 1. The van der Waals surface area contributed by atoms with Crippen LogP contribution < -0.4 is 5.32 Å². The summed E-state index contributed by atoms with van der Waals surface area (Å²) in [4.78, 5) is 4.08. The van der Waals surface area contributed by atoms with Crippen molar-refractivity contribution in [2.45, 2.75) is 23.1 Å². The van der Waals surface area contributed by atoms with Crippen LogP contribution in [0.4, 0.5) is 0 Å². The van der Waals surface area contributed by atoms with Crippen molar-refractivity contribution in [3.8, 4) is 6.07 Å². The summed E-state index contributed by atoms with van der Waals surface area (Å²) >= 11 is 0. The quantitative estimate of drug-likeness (QED) is 0.824. The Morgan fingerprint density at radius 2 is 2.50 bits per heavy atom. The molecule has 2 heterocycles. The zero-order valence-electron chi connectivity index (χ0n) is 8.85. The molecule has 2 rings (SSSR count). The smallest absolute Gasteiger partial charge is 0.128 e. The van der Waals surface area contributed by atoms with Gasteiger partial charge in [0, 0.05) is 12.7 Å². The third-order valence-corrected chi connectivity index (χ3v) is 4.27. The van der Waals surface area contributed by atoms with Gasteiger partial charge in [-0.2, -0.15) is 5.26 Å². The zero-order valence-corrected chi connectivity index (χ0v) is 9.67. The number of aromatic nitrogens is 1. The van der Waals surface area contributed by atoms with Gasteiger partial charge in [0.1, 0.15) is 5.03 Å². The second-order valence-electron chi connectivity index (χ2n) is 3.76. The van der Waals surface area contributed by atoms with E-state index in [9.17, 15) is 4.21 Å². The Morgan fingerprint density at radius 3 is 3.19 bits per heavy atom. The predicted octanol–water partition coefficient (Wildman–Crippen LogP) is 0.813. The Morgan fingerprint density at radius 1 is 1.62 bits per heavy atom. The highest BCUT2D eigenvalue weighted by atomic mass is 32.2. The molecular weight excluding hydrogens is 222 g/mol. The third-order valence-electron chi connectivity index (χ3n) is 2.62. The maximum Gasteiger partial charge on any atom is 0.128 e. The monoisotopic (exact) mass is 235 g/mol. The summed E-state index contributed by atoms with van der Waals surface area (Å²) in [5.41, 5.74) is 0.516. The van der Waals surface area contributed by atoms with Gasteiger partial charge in [0.2, 0.25) is 0 Å².